The maximum atomic E-state index is 11.8. The van der Waals surface area contributed by atoms with Crippen molar-refractivity contribution in [2.24, 2.45) is 0 Å². The Labute approximate surface area is 182 Å². The van der Waals surface area contributed by atoms with Crippen LogP contribution in [0.15, 0.2) is 69.9 Å². The normalized spacial score (nSPS) is 10.2. The average molecular weight is 440 g/mol. The Morgan fingerprint density at radius 2 is 1.06 bits per heavy atom. The number of esters is 2. The molecular formula is C22H20N2O8. The van der Waals surface area contributed by atoms with Crippen molar-refractivity contribution >= 4 is 23.8 Å². The zero-order valence-corrected chi connectivity index (χ0v) is 16.9. The second-order valence-electron chi connectivity index (χ2n) is 6.46. The lowest BCUT2D eigenvalue weighted by molar-refractivity contribution is -0.144. The largest absolute Gasteiger partial charge is 0.460 e. The van der Waals surface area contributed by atoms with Gasteiger partial charge in [-0.25, -0.2) is 0 Å². The molecule has 0 aliphatic heterocycles. The summed E-state index contributed by atoms with van der Waals surface area (Å²) < 4.78 is 20.1. The second kappa shape index (κ2) is 11.2. The minimum atomic E-state index is -0.598. The number of carbonyl (C=O) groups is 4. The molecule has 0 saturated carbocycles. The molecule has 0 spiro atoms. The maximum Gasteiger partial charge on any atom is 0.325 e. The Balaban J connectivity index is 1.32. The van der Waals surface area contributed by atoms with Gasteiger partial charge >= 0.3 is 11.9 Å². The molecule has 0 bridgehead atoms. The molecule has 0 aliphatic rings. The van der Waals surface area contributed by atoms with Gasteiger partial charge in [0.2, 0.25) is 0 Å². The van der Waals surface area contributed by atoms with Gasteiger partial charge in [-0.3, -0.25) is 19.2 Å². The van der Waals surface area contributed by atoms with E-state index in [2.05, 4.69) is 10.6 Å². The number of benzene rings is 1. The van der Waals surface area contributed by atoms with Crippen molar-refractivity contribution in [1.82, 2.24) is 10.6 Å². The standard InChI is InChI=1S/C22H20N2O8/c25-19(11-23-21(27)17-3-1-9-29-17)31-13-15-5-7-16(8-6-15)14-32-20(26)12-24-22(28)18-4-2-10-30-18/h1-10H,11-14H2,(H,23,27)(H,24,28). The summed E-state index contributed by atoms with van der Waals surface area (Å²) in [7, 11) is 0. The highest BCUT2D eigenvalue weighted by molar-refractivity contribution is 5.94. The number of carbonyl (C=O) groups excluding carboxylic acids is 4. The monoisotopic (exact) mass is 440 g/mol. The minimum Gasteiger partial charge on any atom is -0.460 e. The fourth-order valence-corrected chi connectivity index (χ4v) is 2.46. The van der Waals surface area contributed by atoms with Gasteiger partial charge in [-0.15, -0.1) is 0 Å². The average Bonchev–Trinajstić information content (AvgIpc) is 3.53. The molecule has 3 aromatic rings. The first-order chi connectivity index (χ1) is 15.5. The van der Waals surface area contributed by atoms with Gasteiger partial charge in [-0.2, -0.15) is 0 Å². The fourth-order valence-electron chi connectivity index (χ4n) is 2.46. The van der Waals surface area contributed by atoms with E-state index >= 15 is 0 Å². The quantitative estimate of drug-likeness (QED) is 0.456. The lowest BCUT2D eigenvalue weighted by Gasteiger charge is -2.08. The Hall–Kier alpha value is -4.34. The van der Waals surface area contributed by atoms with Crippen molar-refractivity contribution in [1.29, 1.82) is 0 Å². The van der Waals surface area contributed by atoms with Crippen LogP contribution in [0.3, 0.4) is 0 Å². The number of rotatable bonds is 10. The third kappa shape index (κ3) is 6.87. The summed E-state index contributed by atoms with van der Waals surface area (Å²) in [6.45, 7) is -0.531. The Morgan fingerprint density at radius 3 is 1.41 bits per heavy atom. The van der Waals surface area contributed by atoms with Crippen LogP contribution in [0.4, 0.5) is 0 Å². The van der Waals surface area contributed by atoms with Crippen LogP contribution in [0.2, 0.25) is 0 Å². The van der Waals surface area contributed by atoms with E-state index in [-0.39, 0.29) is 37.8 Å². The van der Waals surface area contributed by atoms with Crippen molar-refractivity contribution < 1.29 is 37.5 Å². The molecule has 0 aliphatic carbocycles. The van der Waals surface area contributed by atoms with E-state index < -0.39 is 23.8 Å². The molecular weight excluding hydrogens is 420 g/mol. The molecule has 0 saturated heterocycles. The summed E-state index contributed by atoms with van der Waals surface area (Å²) in [4.78, 5) is 46.9. The Morgan fingerprint density at radius 1 is 0.656 bits per heavy atom. The van der Waals surface area contributed by atoms with Crippen LogP contribution in [-0.2, 0) is 32.3 Å². The number of nitrogens with one attached hydrogen (secondary N) is 2. The van der Waals surface area contributed by atoms with E-state index in [1.54, 1.807) is 36.4 Å². The number of amides is 2. The van der Waals surface area contributed by atoms with Gasteiger partial charge in [0.15, 0.2) is 11.5 Å². The molecule has 0 unspecified atom stereocenters. The van der Waals surface area contributed by atoms with Crippen LogP contribution >= 0.6 is 0 Å². The summed E-state index contributed by atoms with van der Waals surface area (Å²) in [6.07, 6.45) is 2.72. The van der Waals surface area contributed by atoms with Crippen molar-refractivity contribution in [2.75, 3.05) is 13.1 Å². The van der Waals surface area contributed by atoms with Gasteiger partial charge in [0, 0.05) is 0 Å². The molecule has 1 aromatic carbocycles. The topological polar surface area (TPSA) is 137 Å². The first-order valence-electron chi connectivity index (χ1n) is 9.54. The molecule has 2 aromatic heterocycles. The van der Waals surface area contributed by atoms with Gasteiger partial charge in [-0.05, 0) is 35.4 Å². The van der Waals surface area contributed by atoms with E-state index in [1.165, 1.54) is 24.7 Å². The Bertz CT molecular complexity index is 955. The van der Waals surface area contributed by atoms with E-state index in [1.807, 2.05) is 0 Å². The summed E-state index contributed by atoms with van der Waals surface area (Å²) in [5.74, 6) is -2.00. The van der Waals surface area contributed by atoms with Gasteiger partial charge < -0.3 is 28.9 Å². The SMILES string of the molecule is O=C(CNC(=O)c1ccco1)OCc1ccc(COC(=O)CNC(=O)c2ccco2)cc1. The fraction of sp³-hybridized carbons (Fsp3) is 0.182. The number of hydrogen-bond donors (Lipinski definition) is 2. The third-order valence-electron chi connectivity index (χ3n) is 4.10. The molecule has 32 heavy (non-hydrogen) atoms. The molecule has 0 atom stereocenters. The number of furan rings is 2. The molecule has 0 fully saturated rings. The van der Waals surface area contributed by atoms with Crippen molar-refractivity contribution in [3.63, 3.8) is 0 Å². The summed E-state index contributed by atoms with van der Waals surface area (Å²) in [5, 5.41) is 4.79. The van der Waals surface area contributed by atoms with Crippen molar-refractivity contribution in [3.8, 4) is 0 Å². The van der Waals surface area contributed by atoms with Crippen LogP contribution in [0.1, 0.15) is 32.2 Å². The molecule has 2 heterocycles. The lowest BCUT2D eigenvalue weighted by atomic mass is 10.1. The van der Waals surface area contributed by atoms with E-state index in [0.29, 0.717) is 0 Å². The zero-order chi connectivity index (χ0) is 22.8. The molecule has 0 radical (unpaired) electrons. The highest BCUT2D eigenvalue weighted by Crippen LogP contribution is 2.08. The first-order valence-corrected chi connectivity index (χ1v) is 9.54. The summed E-state index contributed by atoms with van der Waals surface area (Å²) >= 11 is 0. The minimum absolute atomic E-state index is 0.0222. The molecule has 2 N–H and O–H groups in total. The first kappa shape index (κ1) is 22.3. The van der Waals surface area contributed by atoms with E-state index in [9.17, 15) is 19.2 Å². The molecule has 3 rings (SSSR count). The molecule has 10 heteroatoms. The van der Waals surface area contributed by atoms with Crippen LogP contribution in [0.5, 0.6) is 0 Å². The predicted octanol–water partition coefficient (Wildman–Crippen LogP) is 1.82. The van der Waals surface area contributed by atoms with Crippen LogP contribution < -0.4 is 10.6 Å². The van der Waals surface area contributed by atoms with Gasteiger partial charge in [0.05, 0.1) is 12.5 Å². The predicted molar refractivity (Wildman–Crippen MR) is 108 cm³/mol. The second-order valence-corrected chi connectivity index (χ2v) is 6.46. The van der Waals surface area contributed by atoms with Gasteiger partial charge in [0.25, 0.3) is 11.8 Å². The van der Waals surface area contributed by atoms with Crippen LogP contribution in [-0.4, -0.2) is 36.8 Å². The van der Waals surface area contributed by atoms with E-state index in [0.717, 1.165) is 11.1 Å². The highest BCUT2D eigenvalue weighted by Gasteiger charge is 2.12. The van der Waals surface area contributed by atoms with E-state index in [4.69, 9.17) is 18.3 Å². The number of ether oxygens (including phenoxy) is 2. The maximum absolute atomic E-state index is 11.8. The van der Waals surface area contributed by atoms with Gasteiger partial charge in [0.1, 0.15) is 26.3 Å². The highest BCUT2D eigenvalue weighted by atomic mass is 16.5. The smallest absolute Gasteiger partial charge is 0.325 e. The summed E-state index contributed by atoms with van der Waals surface area (Å²) in [6, 6.07) is 13.0. The zero-order valence-electron chi connectivity index (χ0n) is 16.9. The molecule has 10 nitrogen and oxygen atoms in total. The van der Waals surface area contributed by atoms with Crippen molar-refractivity contribution in [2.45, 2.75) is 13.2 Å². The van der Waals surface area contributed by atoms with Crippen molar-refractivity contribution in [3.05, 3.63) is 83.7 Å². The molecule has 2 amide bonds. The van der Waals surface area contributed by atoms with Gasteiger partial charge in [-0.1, -0.05) is 24.3 Å². The Kier molecular flexibility index (Phi) is 7.79. The van der Waals surface area contributed by atoms with Crippen LogP contribution in [0.25, 0.3) is 0 Å². The lowest BCUT2D eigenvalue weighted by Crippen LogP contribution is -2.30. The molecule has 166 valence electrons. The third-order valence-corrected chi connectivity index (χ3v) is 4.10. The van der Waals surface area contributed by atoms with Crippen LogP contribution in [0, 0.1) is 0 Å². The number of hydrogen-bond acceptors (Lipinski definition) is 8. The summed E-state index contributed by atoms with van der Waals surface area (Å²) in [5.41, 5.74) is 1.44.